The first kappa shape index (κ1) is 18.8. The Morgan fingerprint density at radius 1 is 0.947 bits per heavy atom. The van der Waals surface area contributed by atoms with E-state index in [1.807, 2.05) is 27.7 Å². The van der Waals surface area contributed by atoms with Crippen LogP contribution in [-0.2, 0) is 23.8 Å². The summed E-state index contributed by atoms with van der Waals surface area (Å²) in [4.78, 5) is 0. The fourth-order valence-corrected chi connectivity index (χ4v) is 2.17. The molecule has 0 saturated heterocycles. The Kier molecular flexibility index (Phi) is 7.50. The molecule has 0 heterocycles. The molecule has 5 nitrogen and oxygen atoms in total. The van der Waals surface area contributed by atoms with Gasteiger partial charge in [-0.25, -0.2) is 0 Å². The summed E-state index contributed by atoms with van der Waals surface area (Å²) in [6.45, 7) is 8.53. The van der Waals surface area contributed by atoms with E-state index in [2.05, 4.69) is 4.18 Å². The fourth-order valence-electron chi connectivity index (χ4n) is 1.51. The highest BCUT2D eigenvalue weighted by atomic mass is 32.2. The van der Waals surface area contributed by atoms with E-state index >= 15 is 0 Å². The van der Waals surface area contributed by atoms with Gasteiger partial charge in [0.2, 0.25) is 0 Å². The molecule has 6 heteroatoms. The first-order valence-electron chi connectivity index (χ1n) is 6.51. The number of ether oxygens (including phenoxy) is 2. The highest BCUT2D eigenvalue weighted by molar-refractivity contribution is 7.86. The molecule has 0 bridgehead atoms. The number of hydrogen-bond acceptors (Lipinski definition) is 5. The number of methoxy groups -OCH3 is 1. The lowest BCUT2D eigenvalue weighted by atomic mass is 10.0. The van der Waals surface area contributed by atoms with Crippen molar-refractivity contribution in [1.82, 2.24) is 0 Å². The summed E-state index contributed by atoms with van der Waals surface area (Å²) in [5.41, 5.74) is -0.539. The molecule has 0 aliphatic carbocycles. The highest BCUT2D eigenvalue weighted by Gasteiger charge is 2.22. The van der Waals surface area contributed by atoms with Crippen molar-refractivity contribution in [3.8, 4) is 0 Å². The number of hydrogen-bond donors (Lipinski definition) is 0. The average Bonchev–Trinajstić information content (AvgIpc) is 2.28. The maximum atomic E-state index is 11.2. The molecule has 0 rings (SSSR count). The van der Waals surface area contributed by atoms with Crippen LogP contribution in [0.1, 0.15) is 47.0 Å². The Bertz CT molecular complexity index is 346. The van der Waals surface area contributed by atoms with E-state index in [-0.39, 0.29) is 17.0 Å². The summed E-state index contributed by atoms with van der Waals surface area (Å²) >= 11 is 0. The molecule has 0 spiro atoms. The first-order chi connectivity index (χ1) is 8.54. The minimum Gasteiger partial charge on any atom is -0.379 e. The minimum absolute atomic E-state index is 0.0276. The zero-order valence-corrected chi connectivity index (χ0v) is 13.8. The lowest BCUT2D eigenvalue weighted by molar-refractivity contribution is -0.0612. The Morgan fingerprint density at radius 3 is 2.00 bits per heavy atom. The van der Waals surface area contributed by atoms with Gasteiger partial charge in [-0.05, 0) is 47.0 Å². The van der Waals surface area contributed by atoms with Crippen LogP contribution in [0.3, 0.4) is 0 Å². The molecule has 116 valence electrons. The first-order valence-corrected chi connectivity index (χ1v) is 8.09. The molecule has 0 N–H and O–H groups in total. The molecule has 0 fully saturated rings. The van der Waals surface area contributed by atoms with Gasteiger partial charge in [-0.1, -0.05) is 0 Å². The van der Waals surface area contributed by atoms with Gasteiger partial charge in [-0.15, -0.1) is 0 Å². The van der Waals surface area contributed by atoms with Gasteiger partial charge in [-0.2, -0.15) is 8.42 Å². The van der Waals surface area contributed by atoms with E-state index in [0.717, 1.165) is 6.42 Å². The summed E-state index contributed by atoms with van der Waals surface area (Å²) in [5.74, 6) is 0.0276. The van der Waals surface area contributed by atoms with Crippen LogP contribution in [0.2, 0.25) is 0 Å². The molecule has 0 atom stereocenters. The van der Waals surface area contributed by atoms with E-state index in [1.54, 1.807) is 7.11 Å². The smallest absolute Gasteiger partial charge is 0.267 e. The zero-order chi connectivity index (χ0) is 15.2. The Balaban J connectivity index is 3.99. The molecule has 0 saturated carbocycles. The third kappa shape index (κ3) is 9.38. The normalized spacial score (nSPS) is 13.8. The minimum atomic E-state index is -3.37. The Labute approximate surface area is 117 Å². The van der Waals surface area contributed by atoms with Crippen molar-refractivity contribution >= 4 is 10.1 Å². The lowest BCUT2D eigenvalue weighted by Gasteiger charge is -2.28. The molecule has 0 amide bonds. The van der Waals surface area contributed by atoms with Crippen molar-refractivity contribution in [2.24, 2.45) is 0 Å². The molecule has 0 aromatic carbocycles. The maximum absolute atomic E-state index is 11.2. The molecule has 19 heavy (non-hydrogen) atoms. The lowest BCUT2D eigenvalue weighted by Crippen LogP contribution is -2.30. The van der Waals surface area contributed by atoms with Crippen molar-refractivity contribution in [3.05, 3.63) is 0 Å². The standard InChI is InChI=1S/C13H28O5S/c1-12(2,16-5)9-10-18-13(3,4)8-7-11-19(14,15)17-6/h7-11H2,1-6H3. The van der Waals surface area contributed by atoms with Crippen LogP contribution in [-0.4, -0.2) is 46.2 Å². The SMILES string of the molecule is COC(C)(C)CCOC(C)(C)CCCS(=O)(=O)OC. The van der Waals surface area contributed by atoms with Crippen LogP contribution < -0.4 is 0 Å². The van der Waals surface area contributed by atoms with Crippen molar-refractivity contribution in [2.75, 3.05) is 26.6 Å². The third-order valence-electron chi connectivity index (χ3n) is 3.18. The van der Waals surface area contributed by atoms with Gasteiger partial charge < -0.3 is 9.47 Å². The van der Waals surface area contributed by atoms with Crippen LogP contribution in [0, 0.1) is 0 Å². The summed E-state index contributed by atoms with van der Waals surface area (Å²) in [6, 6.07) is 0. The molecule has 0 unspecified atom stereocenters. The monoisotopic (exact) mass is 296 g/mol. The van der Waals surface area contributed by atoms with Crippen molar-refractivity contribution < 1.29 is 22.1 Å². The van der Waals surface area contributed by atoms with Crippen LogP contribution in [0.25, 0.3) is 0 Å². The quantitative estimate of drug-likeness (QED) is 0.579. The molecule has 0 aromatic rings. The van der Waals surface area contributed by atoms with Gasteiger partial charge in [0.05, 0.1) is 30.7 Å². The van der Waals surface area contributed by atoms with Gasteiger partial charge in [0, 0.05) is 7.11 Å². The summed E-state index contributed by atoms with van der Waals surface area (Å²) < 4.78 is 37.9. The second-order valence-electron chi connectivity index (χ2n) is 5.85. The summed E-state index contributed by atoms with van der Waals surface area (Å²) in [6.07, 6.45) is 1.99. The second-order valence-corrected chi connectivity index (χ2v) is 7.71. The fraction of sp³-hybridized carbons (Fsp3) is 1.00. The van der Waals surface area contributed by atoms with Gasteiger partial charge in [0.15, 0.2) is 0 Å². The van der Waals surface area contributed by atoms with Crippen LogP contribution in [0.5, 0.6) is 0 Å². The van der Waals surface area contributed by atoms with Gasteiger partial charge in [0.1, 0.15) is 0 Å². The molecule has 0 radical (unpaired) electrons. The van der Waals surface area contributed by atoms with E-state index in [9.17, 15) is 8.42 Å². The molecule has 0 aliphatic heterocycles. The van der Waals surface area contributed by atoms with Crippen molar-refractivity contribution in [3.63, 3.8) is 0 Å². The molecule has 0 aliphatic rings. The molecule has 0 aromatic heterocycles. The van der Waals surface area contributed by atoms with E-state index in [0.29, 0.717) is 19.4 Å². The maximum Gasteiger partial charge on any atom is 0.267 e. The van der Waals surface area contributed by atoms with Gasteiger partial charge >= 0.3 is 0 Å². The molecular weight excluding hydrogens is 268 g/mol. The number of rotatable bonds is 10. The second kappa shape index (κ2) is 7.57. The van der Waals surface area contributed by atoms with Crippen molar-refractivity contribution in [1.29, 1.82) is 0 Å². The van der Waals surface area contributed by atoms with Crippen LogP contribution >= 0.6 is 0 Å². The van der Waals surface area contributed by atoms with E-state index < -0.39 is 10.1 Å². The predicted molar refractivity (Wildman–Crippen MR) is 75.8 cm³/mol. The van der Waals surface area contributed by atoms with Crippen LogP contribution in [0.15, 0.2) is 0 Å². The summed E-state index contributed by atoms with van der Waals surface area (Å²) in [5, 5.41) is 0. The van der Waals surface area contributed by atoms with E-state index in [4.69, 9.17) is 9.47 Å². The van der Waals surface area contributed by atoms with Gasteiger partial charge in [-0.3, -0.25) is 4.18 Å². The third-order valence-corrected chi connectivity index (χ3v) is 4.47. The predicted octanol–water partition coefficient (Wildman–Crippen LogP) is 2.35. The molecular formula is C13H28O5S. The van der Waals surface area contributed by atoms with Crippen LogP contribution in [0.4, 0.5) is 0 Å². The average molecular weight is 296 g/mol. The topological polar surface area (TPSA) is 61.8 Å². The van der Waals surface area contributed by atoms with E-state index in [1.165, 1.54) is 7.11 Å². The van der Waals surface area contributed by atoms with Gasteiger partial charge in [0.25, 0.3) is 10.1 Å². The van der Waals surface area contributed by atoms with Crippen molar-refractivity contribution in [2.45, 2.75) is 58.2 Å². The summed E-state index contributed by atoms with van der Waals surface area (Å²) in [7, 11) is -0.500. The zero-order valence-electron chi connectivity index (χ0n) is 13.0. The largest absolute Gasteiger partial charge is 0.379 e. The highest BCUT2D eigenvalue weighted by Crippen LogP contribution is 2.20. The Hall–Kier alpha value is -0.170. The Morgan fingerprint density at radius 2 is 1.53 bits per heavy atom.